The summed E-state index contributed by atoms with van der Waals surface area (Å²) in [7, 11) is 2.19. The van der Waals surface area contributed by atoms with Crippen LogP contribution >= 0.6 is 11.3 Å². The Hall–Kier alpha value is -3.10. The van der Waals surface area contributed by atoms with Gasteiger partial charge in [-0.1, -0.05) is 31.4 Å². The van der Waals surface area contributed by atoms with Crippen molar-refractivity contribution in [3.8, 4) is 10.4 Å². The first kappa shape index (κ1) is 25.2. The van der Waals surface area contributed by atoms with Crippen LogP contribution < -0.4 is 10.9 Å². The van der Waals surface area contributed by atoms with Crippen molar-refractivity contribution >= 4 is 34.0 Å². The molecule has 198 valence electrons. The van der Waals surface area contributed by atoms with Crippen molar-refractivity contribution in [3.05, 3.63) is 63.7 Å². The molecule has 0 radical (unpaired) electrons. The average Bonchev–Trinajstić information content (AvgIpc) is 3.44. The minimum atomic E-state index is -0.0222. The standard InChI is InChI=1S/C30H36N6OS/c1-3-36-27-23(17-25(29(36)37)26-19-31-28(38-26)22-7-5-4-6-8-22)18-32-30(34-27)33-24-11-9-20(10-12-24)21-13-15-35(2)16-14-21/h9-12,17-19,21-22H,3-8,13-16H2,1-2H3,(H,32,33,34). The van der Waals surface area contributed by atoms with Crippen molar-refractivity contribution in [1.29, 1.82) is 0 Å². The Kier molecular flexibility index (Phi) is 7.26. The summed E-state index contributed by atoms with van der Waals surface area (Å²) in [5, 5.41) is 5.36. The molecule has 1 aliphatic carbocycles. The third-order valence-corrected chi connectivity index (χ3v) is 9.44. The Morgan fingerprint density at radius 3 is 2.47 bits per heavy atom. The van der Waals surface area contributed by atoms with E-state index in [0.29, 0.717) is 35.5 Å². The first-order chi connectivity index (χ1) is 18.6. The summed E-state index contributed by atoms with van der Waals surface area (Å²) in [6.45, 7) is 4.84. The monoisotopic (exact) mass is 528 g/mol. The van der Waals surface area contributed by atoms with Gasteiger partial charge in [-0.3, -0.25) is 9.36 Å². The molecule has 1 aromatic carbocycles. The fourth-order valence-electron chi connectivity index (χ4n) is 5.95. The van der Waals surface area contributed by atoms with Crippen molar-refractivity contribution in [3.63, 3.8) is 0 Å². The summed E-state index contributed by atoms with van der Waals surface area (Å²) < 4.78 is 1.75. The highest BCUT2D eigenvalue weighted by Crippen LogP contribution is 2.37. The molecule has 2 aliphatic rings. The molecule has 0 spiro atoms. The zero-order valence-electron chi connectivity index (χ0n) is 22.3. The van der Waals surface area contributed by atoms with E-state index in [0.717, 1.165) is 29.0 Å². The van der Waals surface area contributed by atoms with Crippen molar-refractivity contribution in [2.45, 2.75) is 70.3 Å². The van der Waals surface area contributed by atoms with Crippen molar-refractivity contribution in [2.75, 3.05) is 25.5 Å². The number of thiazole rings is 1. The first-order valence-electron chi connectivity index (χ1n) is 14.0. The number of anilines is 2. The molecule has 1 saturated carbocycles. The van der Waals surface area contributed by atoms with Gasteiger partial charge in [0.1, 0.15) is 5.65 Å². The molecule has 0 unspecified atom stereocenters. The summed E-state index contributed by atoms with van der Waals surface area (Å²) in [6, 6.07) is 10.6. The van der Waals surface area contributed by atoms with Gasteiger partial charge in [-0.15, -0.1) is 11.3 Å². The molecular formula is C30H36N6OS. The van der Waals surface area contributed by atoms with E-state index in [1.54, 1.807) is 15.9 Å². The molecule has 7 nitrogen and oxygen atoms in total. The van der Waals surface area contributed by atoms with E-state index in [1.807, 2.05) is 25.4 Å². The van der Waals surface area contributed by atoms with Crippen LogP contribution in [-0.2, 0) is 6.54 Å². The second kappa shape index (κ2) is 10.9. The van der Waals surface area contributed by atoms with Crippen molar-refractivity contribution in [1.82, 2.24) is 24.4 Å². The van der Waals surface area contributed by atoms with Gasteiger partial charge in [0.2, 0.25) is 5.95 Å². The van der Waals surface area contributed by atoms with E-state index in [2.05, 4.69) is 46.5 Å². The Morgan fingerprint density at radius 1 is 0.974 bits per heavy atom. The SMILES string of the molecule is CCn1c(=O)c(-c2cnc(C3CCCCC3)s2)cc2cnc(Nc3ccc(C4CCN(C)CC4)cc3)nc21. The molecule has 2 fully saturated rings. The molecule has 3 aromatic heterocycles. The maximum Gasteiger partial charge on any atom is 0.260 e. The van der Waals surface area contributed by atoms with Gasteiger partial charge >= 0.3 is 0 Å². The van der Waals surface area contributed by atoms with Crippen molar-refractivity contribution in [2.24, 2.45) is 0 Å². The molecule has 1 N–H and O–H groups in total. The quantitative estimate of drug-likeness (QED) is 0.306. The number of pyridine rings is 1. The first-order valence-corrected chi connectivity index (χ1v) is 14.8. The molecule has 0 atom stereocenters. The Bertz CT molecular complexity index is 1460. The van der Waals surface area contributed by atoms with Crippen LogP contribution in [0.1, 0.15) is 74.3 Å². The highest BCUT2D eigenvalue weighted by molar-refractivity contribution is 7.15. The van der Waals surface area contributed by atoms with Crippen molar-refractivity contribution < 1.29 is 0 Å². The third kappa shape index (κ3) is 5.12. The maximum atomic E-state index is 13.5. The van der Waals surface area contributed by atoms with Crippen LogP contribution in [0.25, 0.3) is 21.5 Å². The maximum absolute atomic E-state index is 13.5. The second-order valence-corrected chi connectivity index (χ2v) is 11.9. The topological polar surface area (TPSA) is 75.9 Å². The summed E-state index contributed by atoms with van der Waals surface area (Å²) in [6.07, 6.45) is 12.4. The number of likely N-dealkylation sites (tertiary alicyclic amines) is 1. The zero-order valence-corrected chi connectivity index (χ0v) is 23.1. The Morgan fingerprint density at radius 2 is 1.74 bits per heavy atom. The molecule has 1 aliphatic heterocycles. The fourth-order valence-corrected chi connectivity index (χ4v) is 7.04. The van der Waals surface area contributed by atoms with Gasteiger partial charge in [-0.05, 0) is 82.4 Å². The lowest BCUT2D eigenvalue weighted by Gasteiger charge is -2.29. The van der Waals surface area contributed by atoms with Gasteiger partial charge in [0.15, 0.2) is 0 Å². The molecule has 0 amide bonds. The van der Waals surface area contributed by atoms with Gasteiger partial charge in [0, 0.05) is 35.9 Å². The van der Waals surface area contributed by atoms with E-state index >= 15 is 0 Å². The number of piperidine rings is 1. The van der Waals surface area contributed by atoms with Gasteiger partial charge in [-0.25, -0.2) is 9.97 Å². The lowest BCUT2D eigenvalue weighted by Crippen LogP contribution is -2.29. The smallest absolute Gasteiger partial charge is 0.260 e. The van der Waals surface area contributed by atoms with Crippen LogP contribution in [0.15, 0.2) is 47.5 Å². The molecule has 4 aromatic rings. The normalized spacial score (nSPS) is 17.7. The number of aryl methyl sites for hydroxylation is 1. The zero-order chi connectivity index (χ0) is 26.1. The Labute approximate surface area is 228 Å². The molecule has 8 heteroatoms. The van der Waals surface area contributed by atoms with Gasteiger partial charge in [-0.2, -0.15) is 4.98 Å². The summed E-state index contributed by atoms with van der Waals surface area (Å²) in [4.78, 5) is 30.9. The minimum absolute atomic E-state index is 0.0222. The molecule has 38 heavy (non-hydrogen) atoms. The van der Waals surface area contributed by atoms with E-state index < -0.39 is 0 Å². The second-order valence-electron chi connectivity index (χ2n) is 10.8. The average molecular weight is 529 g/mol. The molecule has 0 bridgehead atoms. The molecule has 4 heterocycles. The number of aromatic nitrogens is 4. The fraction of sp³-hybridized carbons (Fsp3) is 0.467. The number of nitrogens with zero attached hydrogens (tertiary/aromatic N) is 5. The van der Waals surface area contributed by atoms with E-state index in [-0.39, 0.29) is 5.56 Å². The molecule has 1 saturated heterocycles. The van der Waals surface area contributed by atoms with Crippen LogP contribution in [-0.4, -0.2) is 44.6 Å². The molecule has 6 rings (SSSR count). The summed E-state index contributed by atoms with van der Waals surface area (Å²) >= 11 is 1.67. The Balaban J connectivity index is 1.25. The van der Waals surface area contributed by atoms with Crippen LogP contribution in [0.4, 0.5) is 11.6 Å². The highest BCUT2D eigenvalue weighted by Gasteiger charge is 2.21. The van der Waals surface area contributed by atoms with Gasteiger partial charge in [0.25, 0.3) is 5.56 Å². The van der Waals surface area contributed by atoms with Gasteiger partial charge in [0.05, 0.1) is 15.4 Å². The predicted molar refractivity (Wildman–Crippen MR) is 156 cm³/mol. The summed E-state index contributed by atoms with van der Waals surface area (Å²) in [5.41, 5.74) is 3.66. The van der Waals surface area contributed by atoms with Crippen LogP contribution in [0.3, 0.4) is 0 Å². The number of fused-ring (bicyclic) bond motifs is 1. The number of nitrogens with one attached hydrogen (secondary N) is 1. The van der Waals surface area contributed by atoms with E-state index in [1.165, 1.54) is 55.5 Å². The number of benzene rings is 1. The predicted octanol–water partition coefficient (Wildman–Crippen LogP) is 6.54. The lowest BCUT2D eigenvalue weighted by atomic mass is 9.89. The van der Waals surface area contributed by atoms with E-state index in [9.17, 15) is 4.79 Å². The van der Waals surface area contributed by atoms with E-state index in [4.69, 9.17) is 9.97 Å². The number of hydrogen-bond donors (Lipinski definition) is 1. The van der Waals surface area contributed by atoms with Crippen LogP contribution in [0.5, 0.6) is 0 Å². The summed E-state index contributed by atoms with van der Waals surface area (Å²) in [5.74, 6) is 1.66. The van der Waals surface area contributed by atoms with Crippen LogP contribution in [0, 0.1) is 0 Å². The van der Waals surface area contributed by atoms with Crippen LogP contribution in [0.2, 0.25) is 0 Å². The number of rotatable bonds is 6. The van der Waals surface area contributed by atoms with Gasteiger partial charge < -0.3 is 10.2 Å². The third-order valence-electron chi connectivity index (χ3n) is 8.24. The highest BCUT2D eigenvalue weighted by atomic mass is 32.1. The lowest BCUT2D eigenvalue weighted by molar-refractivity contribution is 0.255. The largest absolute Gasteiger partial charge is 0.324 e. The molecular weight excluding hydrogens is 492 g/mol. The minimum Gasteiger partial charge on any atom is -0.324 e. The number of hydrogen-bond acceptors (Lipinski definition) is 7.